The van der Waals surface area contributed by atoms with Gasteiger partial charge < -0.3 is 14.0 Å². The number of nitrogens with one attached hydrogen (secondary N) is 1. The van der Waals surface area contributed by atoms with E-state index in [-0.39, 0.29) is 22.2 Å². The Bertz CT molecular complexity index is 1230. The lowest BCUT2D eigenvalue weighted by Gasteiger charge is -2.13. The number of ether oxygens (including phenoxy) is 2. The van der Waals surface area contributed by atoms with Gasteiger partial charge in [-0.2, -0.15) is 22.9 Å². The Morgan fingerprint density at radius 2 is 1.88 bits per heavy atom. The number of rotatable bonds is 8. The minimum atomic E-state index is -4.53. The van der Waals surface area contributed by atoms with Crippen molar-refractivity contribution < 1.29 is 40.4 Å². The Labute approximate surface area is 186 Å². The van der Waals surface area contributed by atoms with Crippen LogP contribution in [0.2, 0.25) is 0 Å². The summed E-state index contributed by atoms with van der Waals surface area (Å²) in [6, 6.07) is 8.61. The molecule has 1 heterocycles. The van der Waals surface area contributed by atoms with Gasteiger partial charge in [0, 0.05) is 5.56 Å². The average Bonchev–Trinajstić information content (AvgIpc) is 3.26. The van der Waals surface area contributed by atoms with Crippen LogP contribution in [0.1, 0.15) is 18.4 Å². The monoisotopic (exact) mass is 485 g/mol. The first-order chi connectivity index (χ1) is 15.5. The summed E-state index contributed by atoms with van der Waals surface area (Å²) in [5, 5.41) is 3.58. The number of carbonyl (C=O) groups excluding carboxylic acids is 1. The zero-order valence-corrected chi connectivity index (χ0v) is 18.1. The average molecular weight is 485 g/mol. The molecule has 0 bridgehead atoms. The van der Waals surface area contributed by atoms with E-state index < -0.39 is 40.4 Å². The van der Waals surface area contributed by atoms with Gasteiger partial charge >= 0.3 is 12.1 Å². The van der Waals surface area contributed by atoms with E-state index in [4.69, 9.17) is 14.0 Å². The first kappa shape index (κ1) is 24.2. The molecule has 13 heteroatoms. The zero-order chi connectivity index (χ0) is 24.2. The van der Waals surface area contributed by atoms with Gasteiger partial charge in [-0.1, -0.05) is 17.3 Å². The number of sulfonamides is 1. The minimum absolute atomic E-state index is 0.0618. The lowest BCUT2D eigenvalue weighted by molar-refractivity contribution is -0.147. The maximum Gasteiger partial charge on any atom is 0.416 e. The number of carbonyl (C=O) groups is 1. The van der Waals surface area contributed by atoms with Crippen LogP contribution in [0.4, 0.5) is 13.2 Å². The van der Waals surface area contributed by atoms with Crippen LogP contribution in [-0.2, 0) is 32.3 Å². The van der Waals surface area contributed by atoms with Crippen molar-refractivity contribution in [2.75, 3.05) is 7.11 Å². The van der Waals surface area contributed by atoms with E-state index in [0.29, 0.717) is 5.75 Å². The Kier molecular flexibility index (Phi) is 7.03. The first-order valence-electron chi connectivity index (χ1n) is 9.33. The summed E-state index contributed by atoms with van der Waals surface area (Å²) in [4.78, 5) is 16.0. The van der Waals surface area contributed by atoms with Crippen molar-refractivity contribution in [2.45, 2.75) is 30.6 Å². The second kappa shape index (κ2) is 9.58. The van der Waals surface area contributed by atoms with Gasteiger partial charge in [0.25, 0.3) is 5.89 Å². The van der Waals surface area contributed by atoms with Gasteiger partial charge in [0.05, 0.1) is 17.6 Å². The van der Waals surface area contributed by atoms with Gasteiger partial charge in [-0.15, -0.1) is 0 Å². The fraction of sp³-hybridized carbons (Fsp3) is 0.250. The largest absolute Gasteiger partial charge is 0.497 e. The molecule has 33 heavy (non-hydrogen) atoms. The van der Waals surface area contributed by atoms with Gasteiger partial charge in [-0.25, -0.2) is 8.42 Å². The van der Waals surface area contributed by atoms with Crippen LogP contribution in [-0.4, -0.2) is 37.7 Å². The lowest BCUT2D eigenvalue weighted by atomic mass is 10.1. The SMILES string of the molecule is COc1ccc(S(=O)(=O)N[C@@H](C)C(=O)OCc2nc(-c3cccc(C(F)(F)F)c3)no2)cc1. The molecule has 0 spiro atoms. The third kappa shape index (κ3) is 6.08. The highest BCUT2D eigenvalue weighted by Crippen LogP contribution is 2.31. The smallest absolute Gasteiger partial charge is 0.416 e. The van der Waals surface area contributed by atoms with E-state index in [1.54, 1.807) is 0 Å². The molecule has 176 valence electrons. The van der Waals surface area contributed by atoms with Crippen molar-refractivity contribution in [3.8, 4) is 17.1 Å². The van der Waals surface area contributed by atoms with Crippen LogP contribution in [0.25, 0.3) is 11.4 Å². The Balaban J connectivity index is 1.60. The fourth-order valence-electron chi connectivity index (χ4n) is 2.63. The summed E-state index contributed by atoms with van der Waals surface area (Å²) < 4.78 is 80.4. The summed E-state index contributed by atoms with van der Waals surface area (Å²) in [5.41, 5.74) is -0.817. The third-order valence-electron chi connectivity index (χ3n) is 4.31. The van der Waals surface area contributed by atoms with E-state index in [1.165, 1.54) is 50.4 Å². The molecule has 9 nitrogen and oxygen atoms in total. The maximum atomic E-state index is 12.9. The highest BCUT2D eigenvalue weighted by molar-refractivity contribution is 7.89. The summed E-state index contributed by atoms with van der Waals surface area (Å²) in [6.45, 7) is 0.782. The minimum Gasteiger partial charge on any atom is -0.497 e. The van der Waals surface area contributed by atoms with Gasteiger partial charge in [0.1, 0.15) is 11.8 Å². The Morgan fingerprint density at radius 3 is 2.52 bits per heavy atom. The normalized spacial score (nSPS) is 12.9. The summed E-state index contributed by atoms with van der Waals surface area (Å²) in [7, 11) is -2.57. The molecule has 1 atom stereocenters. The number of halogens is 3. The molecule has 0 radical (unpaired) electrons. The molecule has 0 amide bonds. The zero-order valence-electron chi connectivity index (χ0n) is 17.3. The van der Waals surface area contributed by atoms with E-state index in [2.05, 4.69) is 14.9 Å². The second-order valence-electron chi connectivity index (χ2n) is 6.72. The van der Waals surface area contributed by atoms with Crippen LogP contribution in [0.15, 0.2) is 57.9 Å². The number of aromatic nitrogens is 2. The molecule has 0 aliphatic rings. The maximum absolute atomic E-state index is 12.9. The van der Waals surface area contributed by atoms with Crippen LogP contribution < -0.4 is 9.46 Å². The topological polar surface area (TPSA) is 121 Å². The molecule has 0 saturated carbocycles. The van der Waals surface area contributed by atoms with E-state index in [9.17, 15) is 26.4 Å². The predicted octanol–water partition coefficient (Wildman–Crippen LogP) is 3.17. The summed E-state index contributed by atoms with van der Waals surface area (Å²) in [6.07, 6.45) is -4.53. The van der Waals surface area contributed by atoms with Crippen LogP contribution in [0, 0.1) is 0 Å². The highest BCUT2D eigenvalue weighted by atomic mass is 32.2. The van der Waals surface area contributed by atoms with Crippen molar-refractivity contribution in [3.05, 3.63) is 60.0 Å². The van der Waals surface area contributed by atoms with E-state index in [1.807, 2.05) is 0 Å². The number of benzene rings is 2. The summed E-state index contributed by atoms with van der Waals surface area (Å²) >= 11 is 0. The first-order valence-corrected chi connectivity index (χ1v) is 10.8. The molecular weight excluding hydrogens is 467 g/mol. The van der Waals surface area contributed by atoms with Crippen molar-refractivity contribution in [1.82, 2.24) is 14.9 Å². The Morgan fingerprint density at radius 1 is 1.18 bits per heavy atom. The number of alkyl halides is 3. The molecular formula is C20H18F3N3O6S. The van der Waals surface area contributed by atoms with Gasteiger partial charge in [-0.3, -0.25) is 4.79 Å². The Hall–Kier alpha value is -3.45. The van der Waals surface area contributed by atoms with E-state index >= 15 is 0 Å². The van der Waals surface area contributed by atoms with E-state index in [0.717, 1.165) is 12.1 Å². The summed E-state index contributed by atoms with van der Waals surface area (Å²) in [5.74, 6) is -0.766. The molecule has 1 aromatic heterocycles. The predicted molar refractivity (Wildman–Crippen MR) is 107 cm³/mol. The number of nitrogens with zero attached hydrogens (tertiary/aromatic N) is 2. The molecule has 3 rings (SSSR count). The van der Waals surface area contributed by atoms with Crippen molar-refractivity contribution in [3.63, 3.8) is 0 Å². The fourth-order valence-corrected chi connectivity index (χ4v) is 3.82. The van der Waals surface area contributed by atoms with Crippen LogP contribution in [0.5, 0.6) is 5.75 Å². The lowest BCUT2D eigenvalue weighted by Crippen LogP contribution is -2.39. The number of hydrogen-bond acceptors (Lipinski definition) is 8. The van der Waals surface area contributed by atoms with Crippen LogP contribution in [0.3, 0.4) is 0 Å². The standard InChI is InChI=1S/C20H18F3N3O6S/c1-12(26-33(28,29)16-8-6-15(30-2)7-9-16)19(27)31-11-17-24-18(25-32-17)13-4-3-5-14(10-13)20(21,22)23/h3-10,12,26H,11H2,1-2H3/t12-/m0/s1. The van der Waals surface area contributed by atoms with Crippen molar-refractivity contribution in [1.29, 1.82) is 0 Å². The number of hydrogen-bond donors (Lipinski definition) is 1. The number of esters is 1. The number of methoxy groups -OCH3 is 1. The van der Waals surface area contributed by atoms with Gasteiger partial charge in [0.15, 0.2) is 6.61 Å². The molecule has 0 aliphatic heterocycles. The molecule has 1 N–H and O–H groups in total. The highest BCUT2D eigenvalue weighted by Gasteiger charge is 2.31. The van der Waals surface area contributed by atoms with Crippen LogP contribution >= 0.6 is 0 Å². The molecule has 0 fully saturated rings. The quantitative estimate of drug-likeness (QED) is 0.483. The van der Waals surface area contributed by atoms with Gasteiger partial charge in [-0.05, 0) is 43.3 Å². The molecule has 0 saturated heterocycles. The molecule has 0 unspecified atom stereocenters. The second-order valence-corrected chi connectivity index (χ2v) is 8.43. The van der Waals surface area contributed by atoms with Crippen molar-refractivity contribution in [2.24, 2.45) is 0 Å². The molecule has 0 aliphatic carbocycles. The van der Waals surface area contributed by atoms with Crippen molar-refractivity contribution >= 4 is 16.0 Å². The molecule has 2 aromatic carbocycles. The third-order valence-corrected chi connectivity index (χ3v) is 5.87. The van der Waals surface area contributed by atoms with Gasteiger partial charge in [0.2, 0.25) is 15.8 Å². The molecule has 3 aromatic rings.